The van der Waals surface area contributed by atoms with Crippen LogP contribution >= 0.6 is 0 Å². The van der Waals surface area contributed by atoms with E-state index in [4.69, 9.17) is 9.47 Å². The highest BCUT2D eigenvalue weighted by molar-refractivity contribution is 7.89. The predicted molar refractivity (Wildman–Crippen MR) is 84.1 cm³/mol. The van der Waals surface area contributed by atoms with Crippen LogP contribution in [-0.2, 0) is 23.5 Å². The maximum atomic E-state index is 12.2. The third kappa shape index (κ3) is 3.32. The Morgan fingerprint density at radius 3 is 3.00 bits per heavy atom. The van der Waals surface area contributed by atoms with Gasteiger partial charge in [0.2, 0.25) is 0 Å². The summed E-state index contributed by atoms with van der Waals surface area (Å²) in [5, 5.41) is 0.0267. The number of fused-ring (bicyclic) bond motifs is 1. The molecule has 0 spiro atoms. The van der Waals surface area contributed by atoms with Gasteiger partial charge in [0.1, 0.15) is 0 Å². The van der Waals surface area contributed by atoms with Crippen molar-refractivity contribution in [1.82, 2.24) is 14.3 Å². The van der Waals surface area contributed by atoms with Crippen molar-refractivity contribution in [1.29, 1.82) is 0 Å². The lowest BCUT2D eigenvalue weighted by Gasteiger charge is -2.26. The van der Waals surface area contributed by atoms with Crippen LogP contribution in [0.2, 0.25) is 0 Å². The Bertz CT molecular complexity index is 801. The quantitative estimate of drug-likeness (QED) is 0.879. The molecule has 1 aliphatic rings. The van der Waals surface area contributed by atoms with Crippen LogP contribution in [0.1, 0.15) is 5.56 Å². The molecule has 1 aromatic carbocycles. The summed E-state index contributed by atoms with van der Waals surface area (Å²) in [7, 11) is -0.260. The van der Waals surface area contributed by atoms with Crippen LogP contribution in [0.3, 0.4) is 0 Å². The van der Waals surface area contributed by atoms with Crippen LogP contribution in [-0.4, -0.2) is 38.2 Å². The Kier molecular flexibility index (Phi) is 4.27. The first-order chi connectivity index (χ1) is 11.0. The molecule has 0 bridgehead atoms. The highest BCUT2D eigenvalue weighted by Gasteiger charge is 2.25. The van der Waals surface area contributed by atoms with Gasteiger partial charge in [-0.2, -0.15) is 0 Å². The number of nitrogens with zero attached hydrogens (tertiary/aromatic N) is 2. The van der Waals surface area contributed by atoms with Crippen LogP contribution in [0.25, 0.3) is 0 Å². The van der Waals surface area contributed by atoms with Gasteiger partial charge in [0.15, 0.2) is 16.5 Å². The van der Waals surface area contributed by atoms with Gasteiger partial charge in [0, 0.05) is 25.7 Å². The fourth-order valence-corrected chi connectivity index (χ4v) is 3.67. The van der Waals surface area contributed by atoms with Crippen molar-refractivity contribution in [3.63, 3.8) is 0 Å². The molecule has 2 heterocycles. The average molecular weight is 337 g/mol. The monoisotopic (exact) mass is 337 g/mol. The Hall–Kier alpha value is -2.06. The molecule has 3 rings (SSSR count). The van der Waals surface area contributed by atoms with E-state index >= 15 is 0 Å². The van der Waals surface area contributed by atoms with Crippen molar-refractivity contribution < 1.29 is 17.9 Å². The molecule has 0 fully saturated rings. The van der Waals surface area contributed by atoms with E-state index in [1.54, 1.807) is 18.7 Å². The summed E-state index contributed by atoms with van der Waals surface area (Å²) in [4.78, 5) is 3.87. The third-order valence-electron chi connectivity index (χ3n) is 3.77. The minimum atomic E-state index is -3.59. The fourth-order valence-electron chi connectivity index (χ4n) is 2.58. The van der Waals surface area contributed by atoms with Gasteiger partial charge in [-0.1, -0.05) is 12.1 Å². The lowest BCUT2D eigenvalue weighted by atomic mass is 9.96. The van der Waals surface area contributed by atoms with Gasteiger partial charge in [-0.15, -0.1) is 0 Å². The zero-order chi connectivity index (χ0) is 16.4. The number of hydrogen-bond acceptors (Lipinski definition) is 5. The molecule has 124 valence electrons. The Balaban J connectivity index is 1.66. The van der Waals surface area contributed by atoms with Crippen LogP contribution in [0.4, 0.5) is 0 Å². The Morgan fingerprint density at radius 2 is 2.30 bits per heavy atom. The van der Waals surface area contributed by atoms with Crippen molar-refractivity contribution in [3.8, 4) is 11.5 Å². The van der Waals surface area contributed by atoms with Crippen molar-refractivity contribution >= 4 is 10.0 Å². The van der Waals surface area contributed by atoms with E-state index in [1.807, 2.05) is 18.2 Å². The summed E-state index contributed by atoms with van der Waals surface area (Å²) in [5.41, 5.74) is 1.03. The van der Waals surface area contributed by atoms with Crippen molar-refractivity contribution in [3.05, 3.63) is 36.3 Å². The molecule has 2 aromatic rings. The fraction of sp³-hybridized carbons (Fsp3) is 0.400. The number of methoxy groups -OCH3 is 1. The Labute approximate surface area is 135 Å². The number of para-hydroxylation sites is 1. The minimum absolute atomic E-state index is 0.0267. The maximum absolute atomic E-state index is 12.2. The zero-order valence-corrected chi connectivity index (χ0v) is 13.8. The van der Waals surface area contributed by atoms with E-state index in [0.29, 0.717) is 18.9 Å². The van der Waals surface area contributed by atoms with E-state index in [1.165, 1.54) is 12.5 Å². The first-order valence-electron chi connectivity index (χ1n) is 7.26. The van der Waals surface area contributed by atoms with Gasteiger partial charge < -0.3 is 14.0 Å². The van der Waals surface area contributed by atoms with Crippen LogP contribution in [0.15, 0.2) is 35.7 Å². The van der Waals surface area contributed by atoms with Crippen molar-refractivity contribution in [2.24, 2.45) is 13.0 Å². The van der Waals surface area contributed by atoms with Crippen LogP contribution in [0.5, 0.6) is 11.5 Å². The number of hydrogen-bond donors (Lipinski definition) is 1. The van der Waals surface area contributed by atoms with Crippen molar-refractivity contribution in [2.45, 2.75) is 11.4 Å². The molecular weight excluding hydrogens is 318 g/mol. The highest BCUT2D eigenvalue weighted by atomic mass is 32.2. The van der Waals surface area contributed by atoms with Gasteiger partial charge in [-0.3, -0.25) is 0 Å². The normalized spacial score (nSPS) is 17.4. The molecule has 0 aliphatic carbocycles. The standard InChI is InChI=1S/C15H19N3O4S/c1-18-8-14(16-10-18)23(19,20)17-7-11-6-12-4-3-5-13(21-2)15(12)22-9-11/h3-5,8,10-11,17H,6-7,9H2,1-2H3/t11-/m0/s1. The topological polar surface area (TPSA) is 82.5 Å². The number of benzene rings is 1. The first kappa shape index (κ1) is 15.8. The molecule has 0 radical (unpaired) electrons. The van der Waals surface area contributed by atoms with E-state index in [9.17, 15) is 8.42 Å². The summed E-state index contributed by atoms with van der Waals surface area (Å²) >= 11 is 0. The largest absolute Gasteiger partial charge is 0.493 e. The maximum Gasteiger partial charge on any atom is 0.259 e. The SMILES string of the molecule is COc1cccc2c1OC[C@H](CNS(=O)(=O)c1cn(C)cn1)C2. The molecule has 0 saturated heterocycles. The highest BCUT2D eigenvalue weighted by Crippen LogP contribution is 2.35. The van der Waals surface area contributed by atoms with Crippen molar-refractivity contribution in [2.75, 3.05) is 20.3 Å². The smallest absolute Gasteiger partial charge is 0.259 e. The number of sulfonamides is 1. The summed E-state index contributed by atoms with van der Waals surface area (Å²) in [6, 6.07) is 5.72. The zero-order valence-electron chi connectivity index (χ0n) is 13.0. The van der Waals surface area contributed by atoms with E-state index < -0.39 is 10.0 Å². The van der Waals surface area contributed by atoms with Crippen LogP contribution in [0, 0.1) is 5.92 Å². The van der Waals surface area contributed by atoms with Gasteiger partial charge >= 0.3 is 0 Å². The summed E-state index contributed by atoms with van der Waals surface area (Å²) < 4.78 is 39.6. The minimum Gasteiger partial charge on any atom is -0.493 e. The number of aryl methyl sites for hydroxylation is 1. The number of imidazole rings is 1. The van der Waals surface area contributed by atoms with Gasteiger partial charge in [-0.25, -0.2) is 18.1 Å². The molecular formula is C15H19N3O4S. The Morgan fingerprint density at radius 1 is 1.48 bits per heavy atom. The number of rotatable bonds is 5. The summed E-state index contributed by atoms with van der Waals surface area (Å²) in [6.45, 7) is 0.744. The van der Waals surface area contributed by atoms with E-state index in [2.05, 4.69) is 9.71 Å². The summed E-state index contributed by atoms with van der Waals surface area (Å²) in [6.07, 6.45) is 3.66. The van der Waals surface area contributed by atoms with E-state index in [-0.39, 0.29) is 10.9 Å². The number of ether oxygens (including phenoxy) is 2. The molecule has 23 heavy (non-hydrogen) atoms. The van der Waals surface area contributed by atoms with Crippen LogP contribution < -0.4 is 14.2 Å². The van der Waals surface area contributed by atoms with Gasteiger partial charge in [0.25, 0.3) is 10.0 Å². The number of aromatic nitrogens is 2. The second-order valence-electron chi connectivity index (χ2n) is 5.56. The second-order valence-corrected chi connectivity index (χ2v) is 7.27. The molecule has 1 N–H and O–H groups in total. The average Bonchev–Trinajstić information content (AvgIpc) is 2.99. The first-order valence-corrected chi connectivity index (χ1v) is 8.74. The summed E-state index contributed by atoms with van der Waals surface area (Å²) in [5.74, 6) is 1.52. The lowest BCUT2D eigenvalue weighted by molar-refractivity contribution is 0.213. The van der Waals surface area contributed by atoms with Gasteiger partial charge in [-0.05, 0) is 18.1 Å². The molecule has 1 aromatic heterocycles. The molecule has 0 unspecified atom stereocenters. The number of nitrogens with one attached hydrogen (secondary N) is 1. The third-order valence-corrected chi connectivity index (χ3v) is 5.08. The molecule has 8 heteroatoms. The molecule has 1 atom stereocenters. The van der Waals surface area contributed by atoms with E-state index in [0.717, 1.165) is 17.7 Å². The molecule has 7 nitrogen and oxygen atoms in total. The van der Waals surface area contributed by atoms with Gasteiger partial charge in [0.05, 0.1) is 20.0 Å². The molecule has 0 saturated carbocycles. The molecule has 1 aliphatic heterocycles. The molecule has 0 amide bonds. The lowest BCUT2D eigenvalue weighted by Crippen LogP contribution is -2.35. The second kappa shape index (κ2) is 6.21. The predicted octanol–water partition coefficient (Wildman–Crippen LogP) is 0.958.